The Morgan fingerprint density at radius 3 is 2.52 bits per heavy atom. The number of halogens is 1. The molecule has 0 bridgehead atoms. The second-order valence-electron chi connectivity index (χ2n) is 5.84. The first-order valence-corrected chi connectivity index (χ1v) is 10.6. The van der Waals surface area contributed by atoms with Crippen LogP contribution in [0.5, 0.6) is 0 Å². The number of carbonyl (C=O) groups excluding carboxylic acids is 1. The van der Waals surface area contributed by atoms with Gasteiger partial charge >= 0.3 is 0 Å². The summed E-state index contributed by atoms with van der Waals surface area (Å²) in [5, 5.41) is 2.79. The number of amides is 1. The first-order chi connectivity index (χ1) is 12.8. The molecule has 2 aromatic carbocycles. The maximum atomic E-state index is 12.6. The van der Waals surface area contributed by atoms with Crippen molar-refractivity contribution in [1.29, 1.82) is 0 Å². The molecule has 0 saturated heterocycles. The number of nitrogens with one attached hydrogen (secondary N) is 2. The van der Waals surface area contributed by atoms with E-state index >= 15 is 0 Å². The average Bonchev–Trinajstić information content (AvgIpc) is 3.16. The lowest BCUT2D eigenvalue weighted by molar-refractivity contribution is 0.102. The fourth-order valence-corrected chi connectivity index (χ4v) is 3.79. The van der Waals surface area contributed by atoms with Gasteiger partial charge in [0.25, 0.3) is 5.91 Å². The Morgan fingerprint density at radius 2 is 1.85 bits per heavy atom. The molecule has 0 atom stereocenters. The van der Waals surface area contributed by atoms with Crippen molar-refractivity contribution >= 4 is 44.2 Å². The molecule has 1 heterocycles. The summed E-state index contributed by atoms with van der Waals surface area (Å²) in [4.78, 5) is 12.6. The molecule has 6 nitrogen and oxygen atoms in total. The van der Waals surface area contributed by atoms with Crippen LogP contribution in [0.4, 0.5) is 5.69 Å². The maximum Gasteiger partial charge on any atom is 0.255 e. The molecule has 0 unspecified atom stereocenters. The molecule has 2 N–H and O–H groups in total. The van der Waals surface area contributed by atoms with Gasteiger partial charge in [-0.25, -0.2) is 13.1 Å². The Kier molecular flexibility index (Phi) is 5.98. The summed E-state index contributed by atoms with van der Waals surface area (Å²) < 4.78 is 33.7. The van der Waals surface area contributed by atoms with E-state index in [1.807, 2.05) is 12.1 Å². The van der Waals surface area contributed by atoms with Crippen LogP contribution in [0, 0.1) is 10.5 Å². The SMILES string of the molecule is Cc1ccc(S(=O)(=O)NCc2ccco2)cc1C(=O)Nc1ccc(I)cc1. The summed E-state index contributed by atoms with van der Waals surface area (Å²) in [7, 11) is -3.78. The fraction of sp³-hybridized carbons (Fsp3) is 0.105. The number of hydrogen-bond donors (Lipinski definition) is 2. The summed E-state index contributed by atoms with van der Waals surface area (Å²) in [6, 6.07) is 15.2. The Labute approximate surface area is 171 Å². The van der Waals surface area contributed by atoms with Gasteiger partial charge in [-0.2, -0.15) is 0 Å². The minimum atomic E-state index is -3.78. The van der Waals surface area contributed by atoms with E-state index in [4.69, 9.17) is 4.42 Å². The minimum Gasteiger partial charge on any atom is -0.468 e. The van der Waals surface area contributed by atoms with E-state index in [1.165, 1.54) is 18.4 Å². The Hall–Kier alpha value is -2.17. The van der Waals surface area contributed by atoms with Crippen LogP contribution < -0.4 is 10.0 Å². The summed E-state index contributed by atoms with van der Waals surface area (Å²) in [6.07, 6.45) is 1.47. The van der Waals surface area contributed by atoms with Crippen LogP contribution in [0.3, 0.4) is 0 Å². The van der Waals surface area contributed by atoms with Crippen LogP contribution in [-0.4, -0.2) is 14.3 Å². The van der Waals surface area contributed by atoms with Crippen molar-refractivity contribution in [2.45, 2.75) is 18.4 Å². The summed E-state index contributed by atoms with van der Waals surface area (Å²) in [6.45, 7) is 1.79. The number of benzene rings is 2. The highest BCUT2D eigenvalue weighted by molar-refractivity contribution is 14.1. The summed E-state index contributed by atoms with van der Waals surface area (Å²) >= 11 is 2.18. The van der Waals surface area contributed by atoms with E-state index in [-0.39, 0.29) is 17.3 Å². The minimum absolute atomic E-state index is 0.0208. The molecule has 0 radical (unpaired) electrons. The molecule has 0 aliphatic carbocycles. The third-order valence-corrected chi connectivity index (χ3v) is 6.00. The van der Waals surface area contributed by atoms with Gasteiger partial charge in [-0.05, 0) is 83.6 Å². The fourth-order valence-electron chi connectivity index (χ4n) is 2.41. The number of anilines is 1. The number of hydrogen-bond acceptors (Lipinski definition) is 4. The number of furan rings is 1. The Balaban J connectivity index is 1.80. The zero-order valence-electron chi connectivity index (χ0n) is 14.4. The molecule has 140 valence electrons. The topological polar surface area (TPSA) is 88.4 Å². The van der Waals surface area contributed by atoms with Gasteiger partial charge < -0.3 is 9.73 Å². The molecule has 0 aliphatic rings. The van der Waals surface area contributed by atoms with E-state index < -0.39 is 10.0 Å². The lowest BCUT2D eigenvalue weighted by Gasteiger charge is -2.11. The molecule has 3 aromatic rings. The first-order valence-electron chi connectivity index (χ1n) is 8.05. The predicted octanol–water partition coefficient (Wildman–Crippen LogP) is 3.92. The van der Waals surface area contributed by atoms with E-state index in [2.05, 4.69) is 32.6 Å². The van der Waals surface area contributed by atoms with Gasteiger partial charge in [0.15, 0.2) is 0 Å². The van der Waals surface area contributed by atoms with Crippen LogP contribution >= 0.6 is 22.6 Å². The maximum absolute atomic E-state index is 12.6. The lowest BCUT2D eigenvalue weighted by Crippen LogP contribution is -2.24. The molecule has 3 rings (SSSR count). The monoisotopic (exact) mass is 496 g/mol. The molecule has 0 saturated carbocycles. The number of aryl methyl sites for hydroxylation is 1. The molecule has 0 spiro atoms. The molecular formula is C19H17IN2O4S. The van der Waals surface area contributed by atoms with E-state index in [0.717, 1.165) is 3.57 Å². The molecular weight excluding hydrogens is 479 g/mol. The second kappa shape index (κ2) is 8.24. The largest absolute Gasteiger partial charge is 0.468 e. The molecule has 27 heavy (non-hydrogen) atoms. The van der Waals surface area contributed by atoms with Gasteiger partial charge in [-0.1, -0.05) is 6.07 Å². The van der Waals surface area contributed by atoms with Crippen molar-refractivity contribution in [1.82, 2.24) is 4.72 Å². The molecule has 1 amide bonds. The smallest absolute Gasteiger partial charge is 0.255 e. The molecule has 8 heteroatoms. The average molecular weight is 496 g/mol. The van der Waals surface area contributed by atoms with Crippen LogP contribution in [-0.2, 0) is 16.6 Å². The number of sulfonamides is 1. The molecule has 1 aromatic heterocycles. The summed E-state index contributed by atoms with van der Waals surface area (Å²) in [5.41, 5.74) is 1.63. The highest BCUT2D eigenvalue weighted by Gasteiger charge is 2.18. The highest BCUT2D eigenvalue weighted by atomic mass is 127. The van der Waals surface area contributed by atoms with Crippen LogP contribution in [0.15, 0.2) is 70.2 Å². The van der Waals surface area contributed by atoms with Crippen LogP contribution in [0.2, 0.25) is 0 Å². The van der Waals surface area contributed by atoms with Crippen molar-refractivity contribution in [3.8, 4) is 0 Å². The van der Waals surface area contributed by atoms with Gasteiger partial charge in [-0.15, -0.1) is 0 Å². The van der Waals surface area contributed by atoms with E-state index in [1.54, 1.807) is 37.3 Å². The van der Waals surface area contributed by atoms with Crippen LogP contribution in [0.25, 0.3) is 0 Å². The predicted molar refractivity (Wildman–Crippen MR) is 111 cm³/mol. The van der Waals surface area contributed by atoms with Crippen molar-refractivity contribution in [2.24, 2.45) is 0 Å². The van der Waals surface area contributed by atoms with Crippen molar-refractivity contribution in [2.75, 3.05) is 5.32 Å². The highest BCUT2D eigenvalue weighted by Crippen LogP contribution is 2.19. The van der Waals surface area contributed by atoms with Gasteiger partial charge in [0.1, 0.15) is 5.76 Å². The normalized spacial score (nSPS) is 11.3. The number of carbonyl (C=O) groups is 1. The summed E-state index contributed by atoms with van der Waals surface area (Å²) in [5.74, 6) is 0.138. The van der Waals surface area contributed by atoms with E-state index in [9.17, 15) is 13.2 Å². The number of rotatable bonds is 6. The quantitative estimate of drug-likeness (QED) is 0.507. The Morgan fingerprint density at radius 1 is 1.11 bits per heavy atom. The zero-order chi connectivity index (χ0) is 19.4. The second-order valence-corrected chi connectivity index (χ2v) is 8.85. The standard InChI is InChI=1S/C19H17IN2O4S/c1-13-4-9-17(27(24,25)21-12-16-3-2-10-26-16)11-18(13)19(23)22-15-7-5-14(20)6-8-15/h2-11,21H,12H2,1H3,(H,22,23). The van der Waals surface area contributed by atoms with Crippen molar-refractivity contribution in [3.63, 3.8) is 0 Å². The molecule has 0 fully saturated rings. The lowest BCUT2D eigenvalue weighted by atomic mass is 10.1. The molecule has 0 aliphatic heterocycles. The van der Waals surface area contributed by atoms with Crippen molar-refractivity contribution < 1.29 is 17.6 Å². The third-order valence-electron chi connectivity index (χ3n) is 3.88. The van der Waals surface area contributed by atoms with Crippen molar-refractivity contribution in [3.05, 3.63) is 81.3 Å². The van der Waals surface area contributed by atoms with Gasteiger partial charge in [0.05, 0.1) is 17.7 Å². The van der Waals surface area contributed by atoms with Gasteiger partial charge in [-0.3, -0.25) is 4.79 Å². The first kappa shape index (κ1) is 19.6. The van der Waals surface area contributed by atoms with Gasteiger partial charge in [0.2, 0.25) is 10.0 Å². The third kappa shape index (κ3) is 4.96. The Bertz CT molecular complexity index is 1050. The van der Waals surface area contributed by atoms with Crippen LogP contribution in [0.1, 0.15) is 21.7 Å². The zero-order valence-corrected chi connectivity index (χ0v) is 17.4. The van der Waals surface area contributed by atoms with Gasteiger partial charge in [0, 0.05) is 14.8 Å². The van der Waals surface area contributed by atoms with E-state index in [0.29, 0.717) is 22.6 Å².